The van der Waals surface area contributed by atoms with Crippen molar-refractivity contribution in [3.05, 3.63) is 52.3 Å². The van der Waals surface area contributed by atoms with Crippen LogP contribution in [0.3, 0.4) is 0 Å². The molecule has 0 atom stereocenters. The molecule has 0 amide bonds. The van der Waals surface area contributed by atoms with Crippen LogP contribution in [0.2, 0.25) is 0 Å². The number of carbonyl (C=O) groups is 1. The van der Waals surface area contributed by atoms with Crippen molar-refractivity contribution in [2.75, 3.05) is 31.2 Å². The lowest BCUT2D eigenvalue weighted by atomic mass is 9.92. The van der Waals surface area contributed by atoms with Crippen LogP contribution in [0, 0.1) is 13.8 Å². The summed E-state index contributed by atoms with van der Waals surface area (Å²) in [4.78, 5) is 18.7. The molecule has 6 rings (SSSR count). The van der Waals surface area contributed by atoms with Crippen LogP contribution in [0.5, 0.6) is 5.75 Å². The minimum absolute atomic E-state index is 0.101. The van der Waals surface area contributed by atoms with Crippen LogP contribution in [0.15, 0.2) is 24.3 Å². The highest BCUT2D eigenvalue weighted by atomic mass is 16.5. The molecule has 38 heavy (non-hydrogen) atoms. The number of carboxylic acids is 1. The lowest BCUT2D eigenvalue weighted by Gasteiger charge is -2.41. The van der Waals surface area contributed by atoms with Crippen LogP contribution in [0.1, 0.15) is 67.1 Å². The summed E-state index contributed by atoms with van der Waals surface area (Å²) in [5, 5.41) is 14.5. The van der Waals surface area contributed by atoms with Gasteiger partial charge in [0, 0.05) is 42.6 Å². The van der Waals surface area contributed by atoms with Crippen LogP contribution in [0.4, 0.5) is 5.82 Å². The lowest BCUT2D eigenvalue weighted by Crippen LogP contribution is -2.45. The molecule has 3 aromatic rings. The smallest absolute Gasteiger partial charge is 0.308 e. The van der Waals surface area contributed by atoms with E-state index in [1.807, 2.05) is 13.0 Å². The second-order valence-corrected chi connectivity index (χ2v) is 10.8. The summed E-state index contributed by atoms with van der Waals surface area (Å²) in [5.74, 6) is 0.793. The molecule has 9 heteroatoms. The fourth-order valence-corrected chi connectivity index (χ4v) is 5.34. The number of hydrogen-bond acceptors (Lipinski definition) is 7. The minimum Gasteiger partial charge on any atom is -0.493 e. The highest BCUT2D eigenvalue weighted by Crippen LogP contribution is 2.33. The van der Waals surface area contributed by atoms with Gasteiger partial charge in [0.05, 0.1) is 37.5 Å². The molecular weight excluding hydrogens is 484 g/mol. The Hall–Kier alpha value is -3.17. The van der Waals surface area contributed by atoms with Crippen molar-refractivity contribution in [1.82, 2.24) is 14.6 Å². The maximum Gasteiger partial charge on any atom is 0.308 e. The number of rotatable bonds is 2. The highest BCUT2D eigenvalue weighted by Gasteiger charge is 2.33. The van der Waals surface area contributed by atoms with E-state index < -0.39 is 5.97 Å². The number of aromatic nitrogens is 3. The van der Waals surface area contributed by atoms with E-state index >= 15 is 0 Å². The second kappa shape index (κ2) is 11.3. The van der Waals surface area contributed by atoms with Crippen LogP contribution >= 0.6 is 0 Å². The Morgan fingerprint density at radius 3 is 2.66 bits per heavy atom. The summed E-state index contributed by atoms with van der Waals surface area (Å²) in [5.41, 5.74) is 4.82. The average Bonchev–Trinajstić information content (AvgIpc) is 3.27. The van der Waals surface area contributed by atoms with Gasteiger partial charge in [-0.2, -0.15) is 9.61 Å². The summed E-state index contributed by atoms with van der Waals surface area (Å²) in [7, 11) is 0. The number of ether oxygens (including phenoxy) is 3. The molecule has 0 spiro atoms. The van der Waals surface area contributed by atoms with Gasteiger partial charge in [0.2, 0.25) is 0 Å². The third-order valence-electron chi connectivity index (χ3n) is 7.61. The first kappa shape index (κ1) is 26.4. The molecule has 2 aromatic heterocycles. The molecule has 0 unspecified atom stereocenters. The van der Waals surface area contributed by atoms with E-state index in [0.29, 0.717) is 36.7 Å². The van der Waals surface area contributed by atoms with Crippen LogP contribution in [-0.4, -0.2) is 57.6 Å². The topological polar surface area (TPSA) is 98.4 Å². The first-order chi connectivity index (χ1) is 18.3. The molecule has 5 heterocycles. The molecule has 204 valence electrons. The normalized spacial score (nSPS) is 18.8. The first-order valence-electron chi connectivity index (χ1n) is 13.6. The largest absolute Gasteiger partial charge is 0.493 e. The van der Waals surface area contributed by atoms with Crippen molar-refractivity contribution >= 4 is 17.4 Å². The van der Waals surface area contributed by atoms with Crippen molar-refractivity contribution < 1.29 is 24.1 Å². The molecule has 0 saturated carbocycles. The van der Waals surface area contributed by atoms with Gasteiger partial charge in [0.25, 0.3) is 0 Å². The summed E-state index contributed by atoms with van der Waals surface area (Å²) in [6.45, 7) is 9.77. The van der Waals surface area contributed by atoms with Crippen LogP contribution < -0.4 is 9.64 Å². The van der Waals surface area contributed by atoms with E-state index in [-0.39, 0.29) is 12.0 Å². The van der Waals surface area contributed by atoms with Crippen molar-refractivity contribution in [2.45, 2.75) is 78.1 Å². The molecule has 1 fully saturated rings. The Morgan fingerprint density at radius 2 is 1.87 bits per heavy atom. The van der Waals surface area contributed by atoms with Gasteiger partial charge in [-0.3, -0.25) is 4.79 Å². The quantitative estimate of drug-likeness (QED) is 0.520. The number of fused-ring (bicyclic) bond motifs is 10. The number of aryl methyl sites for hydroxylation is 2. The molecule has 0 aliphatic carbocycles. The fraction of sp³-hybridized carbons (Fsp3) is 0.552. The number of nitrogens with zero attached hydrogens (tertiary/aromatic N) is 4. The van der Waals surface area contributed by atoms with E-state index in [1.54, 1.807) is 4.52 Å². The van der Waals surface area contributed by atoms with Gasteiger partial charge in [-0.15, -0.1) is 0 Å². The summed E-state index contributed by atoms with van der Waals surface area (Å²) in [6, 6.07) is 8.11. The predicted molar refractivity (Wildman–Crippen MR) is 144 cm³/mol. The van der Waals surface area contributed by atoms with Crippen LogP contribution in [0.25, 0.3) is 5.65 Å². The van der Waals surface area contributed by atoms with Crippen molar-refractivity contribution in [1.29, 1.82) is 0 Å². The molecule has 4 bridgehead atoms. The van der Waals surface area contributed by atoms with E-state index in [0.717, 1.165) is 80.2 Å². The zero-order valence-corrected chi connectivity index (χ0v) is 22.7. The summed E-state index contributed by atoms with van der Waals surface area (Å²) in [6.07, 6.45) is 4.64. The number of hydrogen-bond donors (Lipinski definition) is 1. The molecule has 0 radical (unpaired) electrons. The van der Waals surface area contributed by atoms with Gasteiger partial charge in [0.15, 0.2) is 5.65 Å². The molecule has 3 aliphatic heterocycles. The van der Waals surface area contributed by atoms with Gasteiger partial charge >= 0.3 is 5.97 Å². The lowest BCUT2D eigenvalue weighted by molar-refractivity contribution is -0.136. The number of anilines is 1. The maximum atomic E-state index is 11.8. The molecular formula is C29H38N4O5. The zero-order valence-electron chi connectivity index (χ0n) is 22.7. The number of carboxylic acid groups (broad SMARTS) is 1. The molecule has 3 aliphatic rings. The first-order valence-corrected chi connectivity index (χ1v) is 13.6. The standard InChI is InChI=1S/C29H38N4O5/c1-20-7-8-22-18-36-19-23-16-26-30-21(2)24(17-27(34)35)28(33(26)31-23)32-11-9-29(3,10-12-32)38-14-6-4-5-13-37-25(22)15-20/h7-8,15-16H,4-6,9-14,17-19H2,1-3H3,(H,34,35). The Morgan fingerprint density at radius 1 is 1.08 bits per heavy atom. The molecule has 9 nitrogen and oxygen atoms in total. The van der Waals surface area contributed by atoms with Crippen molar-refractivity contribution in [3.63, 3.8) is 0 Å². The number of benzene rings is 1. The van der Waals surface area contributed by atoms with E-state index in [9.17, 15) is 9.90 Å². The Balaban J connectivity index is 1.48. The molecule has 1 N–H and O–H groups in total. The SMILES string of the molecule is Cc1ccc2c(c1)OCCCCCOC1(C)CCN(CC1)c1c(CC(=O)O)c(C)nc3cc(nn13)COC2. The predicted octanol–water partition coefficient (Wildman–Crippen LogP) is 4.63. The third kappa shape index (κ3) is 5.94. The molecule has 1 saturated heterocycles. The van der Waals surface area contributed by atoms with E-state index in [2.05, 4.69) is 36.9 Å². The van der Waals surface area contributed by atoms with Crippen molar-refractivity contribution in [3.8, 4) is 5.75 Å². The van der Waals surface area contributed by atoms with Crippen LogP contribution in [-0.2, 0) is 33.9 Å². The Bertz CT molecular complexity index is 1300. The minimum atomic E-state index is -0.881. The van der Waals surface area contributed by atoms with Crippen molar-refractivity contribution in [2.24, 2.45) is 0 Å². The average molecular weight is 523 g/mol. The van der Waals surface area contributed by atoms with Gasteiger partial charge in [-0.1, -0.05) is 12.1 Å². The molecule has 1 aromatic carbocycles. The van der Waals surface area contributed by atoms with Gasteiger partial charge in [0.1, 0.15) is 11.6 Å². The second-order valence-electron chi connectivity index (χ2n) is 10.8. The van der Waals surface area contributed by atoms with Gasteiger partial charge in [-0.25, -0.2) is 4.98 Å². The number of piperidine rings is 1. The Kier molecular flexibility index (Phi) is 7.85. The zero-order chi connectivity index (χ0) is 26.7. The van der Waals surface area contributed by atoms with Gasteiger partial charge in [-0.05, 0) is 64.5 Å². The third-order valence-corrected chi connectivity index (χ3v) is 7.61. The number of aliphatic carboxylic acids is 1. The summed E-state index contributed by atoms with van der Waals surface area (Å²) >= 11 is 0. The highest BCUT2D eigenvalue weighted by molar-refractivity contribution is 5.74. The van der Waals surface area contributed by atoms with E-state index in [1.165, 1.54) is 0 Å². The monoisotopic (exact) mass is 522 g/mol. The van der Waals surface area contributed by atoms with Gasteiger partial charge < -0.3 is 24.2 Å². The Labute approximate surface area is 223 Å². The maximum absolute atomic E-state index is 11.8. The van der Waals surface area contributed by atoms with E-state index in [4.69, 9.17) is 24.3 Å². The summed E-state index contributed by atoms with van der Waals surface area (Å²) < 4.78 is 20.4. The fourth-order valence-electron chi connectivity index (χ4n) is 5.34.